The first-order valence-corrected chi connectivity index (χ1v) is 7.41. The molecule has 2 rings (SSSR count). The van der Waals surface area contributed by atoms with Crippen LogP contribution in [0.3, 0.4) is 0 Å². The topological polar surface area (TPSA) is 90.5 Å². The Morgan fingerprint density at radius 2 is 2.09 bits per heavy atom. The zero-order chi connectivity index (χ0) is 16.7. The average Bonchev–Trinajstić information content (AvgIpc) is 2.58. The zero-order valence-electron chi connectivity index (χ0n) is 12.7. The minimum atomic E-state index is -0.459. The highest BCUT2D eigenvalue weighted by molar-refractivity contribution is 5.91. The van der Waals surface area contributed by atoms with Crippen LogP contribution in [0.4, 0.5) is 5.69 Å². The van der Waals surface area contributed by atoms with E-state index in [1.165, 1.54) is 18.2 Å². The van der Waals surface area contributed by atoms with Crippen LogP contribution in [0, 0.1) is 21.4 Å². The molecule has 1 fully saturated rings. The Morgan fingerprint density at radius 1 is 1.35 bits per heavy atom. The van der Waals surface area contributed by atoms with E-state index in [0.717, 1.165) is 19.6 Å². The van der Waals surface area contributed by atoms with Gasteiger partial charge in [-0.2, -0.15) is 5.26 Å². The fourth-order valence-corrected chi connectivity index (χ4v) is 2.41. The van der Waals surface area contributed by atoms with Crippen molar-refractivity contribution in [3.05, 3.63) is 46.0 Å². The molecule has 0 aliphatic carbocycles. The number of benzene rings is 1. The van der Waals surface area contributed by atoms with Gasteiger partial charge in [0, 0.05) is 57.4 Å². The summed E-state index contributed by atoms with van der Waals surface area (Å²) < 4.78 is 0. The Kier molecular flexibility index (Phi) is 5.83. The lowest BCUT2D eigenvalue weighted by molar-refractivity contribution is -0.384. The molecule has 0 spiro atoms. The summed E-state index contributed by atoms with van der Waals surface area (Å²) in [7, 11) is 0. The summed E-state index contributed by atoms with van der Waals surface area (Å²) in [5.74, 6) is -0.101. The number of nitrogens with zero attached hydrogens (tertiary/aromatic N) is 4. The number of hydrogen-bond acceptors (Lipinski definition) is 5. The van der Waals surface area contributed by atoms with Gasteiger partial charge in [0.2, 0.25) is 5.91 Å². The van der Waals surface area contributed by atoms with E-state index < -0.39 is 4.92 Å². The lowest BCUT2D eigenvalue weighted by Gasteiger charge is -2.33. The van der Waals surface area contributed by atoms with Crippen LogP contribution in [-0.4, -0.2) is 53.4 Å². The number of rotatable bonds is 5. The number of carbonyl (C=O) groups is 1. The van der Waals surface area contributed by atoms with Crippen LogP contribution >= 0.6 is 0 Å². The van der Waals surface area contributed by atoms with Gasteiger partial charge in [-0.15, -0.1) is 0 Å². The summed E-state index contributed by atoms with van der Waals surface area (Å²) in [5, 5.41) is 19.3. The Balaban J connectivity index is 1.89. The number of nitriles is 1. The summed E-state index contributed by atoms with van der Waals surface area (Å²) in [5.41, 5.74) is 0.630. The second kappa shape index (κ2) is 8.06. The zero-order valence-corrected chi connectivity index (χ0v) is 12.7. The van der Waals surface area contributed by atoms with Gasteiger partial charge in [0.25, 0.3) is 5.69 Å². The van der Waals surface area contributed by atoms with Gasteiger partial charge < -0.3 is 4.90 Å². The predicted molar refractivity (Wildman–Crippen MR) is 85.4 cm³/mol. The minimum Gasteiger partial charge on any atom is -0.337 e. The van der Waals surface area contributed by atoms with Crippen LogP contribution in [0.15, 0.2) is 30.3 Å². The highest BCUT2D eigenvalue weighted by atomic mass is 16.6. The number of non-ortho nitro benzene ring substituents is 1. The van der Waals surface area contributed by atoms with E-state index in [1.54, 1.807) is 23.1 Å². The normalized spacial score (nSPS) is 15.5. The van der Waals surface area contributed by atoms with Gasteiger partial charge in [-0.05, 0) is 11.6 Å². The smallest absolute Gasteiger partial charge is 0.270 e. The molecule has 7 nitrogen and oxygen atoms in total. The molecule has 120 valence electrons. The Labute approximate surface area is 134 Å². The molecule has 0 bridgehead atoms. The highest BCUT2D eigenvalue weighted by Crippen LogP contribution is 2.14. The Morgan fingerprint density at radius 3 is 2.74 bits per heavy atom. The molecule has 0 aromatic heterocycles. The van der Waals surface area contributed by atoms with Crippen molar-refractivity contribution in [2.45, 2.75) is 6.42 Å². The minimum absolute atomic E-state index is 0.00528. The third-order valence-corrected chi connectivity index (χ3v) is 3.72. The van der Waals surface area contributed by atoms with Crippen LogP contribution in [0.2, 0.25) is 0 Å². The van der Waals surface area contributed by atoms with Crippen molar-refractivity contribution in [2.75, 3.05) is 32.7 Å². The van der Waals surface area contributed by atoms with Gasteiger partial charge in [0.15, 0.2) is 0 Å². The summed E-state index contributed by atoms with van der Waals surface area (Å²) in [6.07, 6.45) is 3.54. The van der Waals surface area contributed by atoms with Crippen LogP contribution < -0.4 is 0 Å². The summed E-state index contributed by atoms with van der Waals surface area (Å²) in [4.78, 5) is 26.3. The van der Waals surface area contributed by atoms with Crippen molar-refractivity contribution >= 4 is 17.7 Å². The number of amides is 1. The van der Waals surface area contributed by atoms with Crippen LogP contribution in [-0.2, 0) is 4.79 Å². The van der Waals surface area contributed by atoms with Crippen LogP contribution in [0.5, 0.6) is 0 Å². The van der Waals surface area contributed by atoms with Crippen molar-refractivity contribution in [1.82, 2.24) is 9.80 Å². The van der Waals surface area contributed by atoms with E-state index in [2.05, 4.69) is 11.0 Å². The lowest BCUT2D eigenvalue weighted by atomic mass is 10.2. The molecule has 23 heavy (non-hydrogen) atoms. The fraction of sp³-hybridized carbons (Fsp3) is 0.375. The SMILES string of the molecule is N#CCCN1CCN(C(=O)/C=C/c2cccc([N+](=O)[O-])c2)CC1. The molecular weight excluding hydrogens is 296 g/mol. The number of piperazine rings is 1. The molecule has 1 aliphatic rings. The molecule has 1 saturated heterocycles. The molecule has 1 aliphatic heterocycles. The maximum Gasteiger partial charge on any atom is 0.270 e. The third kappa shape index (κ3) is 4.90. The maximum atomic E-state index is 12.1. The standard InChI is InChI=1S/C16H18N4O3/c17-7-2-8-18-9-11-19(12-10-18)16(21)6-5-14-3-1-4-15(13-14)20(22)23/h1,3-6,13H,2,8-12H2/b6-5+. The molecule has 1 amide bonds. The van der Waals surface area contributed by atoms with Crippen molar-refractivity contribution in [1.29, 1.82) is 5.26 Å². The van der Waals surface area contributed by atoms with Crippen molar-refractivity contribution in [3.8, 4) is 6.07 Å². The maximum absolute atomic E-state index is 12.1. The molecular formula is C16H18N4O3. The Hall–Kier alpha value is -2.72. The number of nitro benzene ring substituents is 1. The van der Waals surface area contributed by atoms with Crippen molar-refractivity contribution < 1.29 is 9.72 Å². The first-order valence-electron chi connectivity index (χ1n) is 7.41. The number of carbonyl (C=O) groups excluding carboxylic acids is 1. The van der Waals surface area contributed by atoms with Gasteiger partial charge in [-0.3, -0.25) is 19.8 Å². The molecule has 0 saturated carbocycles. The molecule has 0 unspecified atom stereocenters. The van der Waals surface area contributed by atoms with Crippen molar-refractivity contribution in [2.24, 2.45) is 0 Å². The van der Waals surface area contributed by atoms with Crippen molar-refractivity contribution in [3.63, 3.8) is 0 Å². The first kappa shape index (κ1) is 16.6. The van der Waals surface area contributed by atoms with Gasteiger partial charge in [-0.1, -0.05) is 12.1 Å². The second-order valence-corrected chi connectivity index (χ2v) is 5.26. The molecule has 1 aromatic carbocycles. The fourth-order valence-electron chi connectivity index (χ4n) is 2.41. The largest absolute Gasteiger partial charge is 0.337 e. The monoisotopic (exact) mass is 314 g/mol. The number of nitro groups is 1. The molecule has 0 radical (unpaired) electrons. The molecule has 7 heteroatoms. The number of hydrogen-bond donors (Lipinski definition) is 0. The van der Waals surface area contributed by atoms with E-state index in [4.69, 9.17) is 5.26 Å². The van der Waals surface area contributed by atoms with E-state index in [1.807, 2.05) is 0 Å². The summed E-state index contributed by atoms with van der Waals surface area (Å²) in [6.45, 7) is 3.52. The lowest BCUT2D eigenvalue weighted by Crippen LogP contribution is -2.48. The van der Waals surface area contributed by atoms with Gasteiger partial charge >= 0.3 is 0 Å². The van der Waals surface area contributed by atoms with Gasteiger partial charge in [-0.25, -0.2) is 0 Å². The van der Waals surface area contributed by atoms with E-state index in [0.29, 0.717) is 25.1 Å². The van der Waals surface area contributed by atoms with Gasteiger partial charge in [0.05, 0.1) is 11.0 Å². The summed E-state index contributed by atoms with van der Waals surface area (Å²) >= 11 is 0. The summed E-state index contributed by atoms with van der Waals surface area (Å²) in [6, 6.07) is 8.28. The van der Waals surface area contributed by atoms with E-state index in [9.17, 15) is 14.9 Å². The van der Waals surface area contributed by atoms with E-state index in [-0.39, 0.29) is 11.6 Å². The quantitative estimate of drug-likeness (QED) is 0.468. The molecule has 0 atom stereocenters. The average molecular weight is 314 g/mol. The highest BCUT2D eigenvalue weighted by Gasteiger charge is 2.19. The van der Waals surface area contributed by atoms with Gasteiger partial charge in [0.1, 0.15) is 0 Å². The molecule has 1 aromatic rings. The van der Waals surface area contributed by atoms with E-state index >= 15 is 0 Å². The third-order valence-electron chi connectivity index (χ3n) is 3.72. The molecule has 1 heterocycles. The predicted octanol–water partition coefficient (Wildman–Crippen LogP) is 1.67. The molecule has 0 N–H and O–H groups in total. The first-order chi connectivity index (χ1) is 11.1. The van der Waals surface area contributed by atoms with Crippen LogP contribution in [0.25, 0.3) is 6.08 Å². The van der Waals surface area contributed by atoms with Crippen LogP contribution in [0.1, 0.15) is 12.0 Å². The second-order valence-electron chi connectivity index (χ2n) is 5.26. The Bertz CT molecular complexity index is 643.